The van der Waals surface area contributed by atoms with Gasteiger partial charge in [0.25, 0.3) is 0 Å². The van der Waals surface area contributed by atoms with Gasteiger partial charge >= 0.3 is 0 Å². The minimum Gasteiger partial charge on any atom is -0.493 e. The normalized spacial score (nSPS) is 10.6. The highest BCUT2D eigenvalue weighted by Crippen LogP contribution is 2.28. The predicted molar refractivity (Wildman–Crippen MR) is 79.9 cm³/mol. The monoisotopic (exact) mass is 263 g/mol. The van der Waals surface area contributed by atoms with Crippen molar-refractivity contribution in [1.29, 1.82) is 0 Å². The van der Waals surface area contributed by atoms with Crippen molar-refractivity contribution in [2.24, 2.45) is 0 Å². The van der Waals surface area contributed by atoms with E-state index in [1.807, 2.05) is 12.1 Å². The highest BCUT2D eigenvalue weighted by Gasteiger charge is 2.06. The summed E-state index contributed by atoms with van der Waals surface area (Å²) in [5.74, 6) is 1.54. The third kappa shape index (κ3) is 5.35. The maximum absolute atomic E-state index is 5.78. The Kier molecular flexibility index (Phi) is 6.43. The molecule has 0 aromatic heterocycles. The fourth-order valence-electron chi connectivity index (χ4n) is 1.55. The minimum atomic E-state index is 0.464. The minimum absolute atomic E-state index is 0.464. The van der Waals surface area contributed by atoms with E-state index < -0.39 is 0 Å². The Balaban J connectivity index is 2.74. The van der Waals surface area contributed by atoms with Crippen LogP contribution in [0.1, 0.15) is 32.8 Å². The third-order valence-electron chi connectivity index (χ3n) is 2.87. The number of hydrogen-bond donors (Lipinski definition) is 1. The van der Waals surface area contributed by atoms with Gasteiger partial charge in [-0.05, 0) is 29.7 Å². The third-order valence-corrected chi connectivity index (χ3v) is 2.87. The molecule has 0 heterocycles. The maximum atomic E-state index is 5.78. The largest absolute Gasteiger partial charge is 0.493 e. The SMILES string of the molecule is C=C(CC)COc1cc(CNC(C)C)ccc1OC. The zero-order chi connectivity index (χ0) is 14.3. The molecule has 106 valence electrons. The summed E-state index contributed by atoms with van der Waals surface area (Å²) in [5, 5.41) is 3.39. The molecular formula is C16H25NO2. The molecule has 3 nitrogen and oxygen atoms in total. The molecule has 0 radical (unpaired) electrons. The smallest absolute Gasteiger partial charge is 0.161 e. The zero-order valence-corrected chi connectivity index (χ0v) is 12.5. The van der Waals surface area contributed by atoms with Crippen molar-refractivity contribution < 1.29 is 9.47 Å². The molecule has 0 aliphatic carbocycles. The van der Waals surface area contributed by atoms with Crippen molar-refractivity contribution >= 4 is 0 Å². The van der Waals surface area contributed by atoms with Gasteiger partial charge < -0.3 is 14.8 Å². The van der Waals surface area contributed by atoms with Crippen LogP contribution in [0.3, 0.4) is 0 Å². The second-order valence-electron chi connectivity index (χ2n) is 4.91. The summed E-state index contributed by atoms with van der Waals surface area (Å²) < 4.78 is 11.1. The Morgan fingerprint density at radius 1 is 1.32 bits per heavy atom. The maximum Gasteiger partial charge on any atom is 0.161 e. The molecule has 0 spiro atoms. The average molecular weight is 263 g/mol. The molecule has 0 bridgehead atoms. The quantitative estimate of drug-likeness (QED) is 0.728. The molecule has 0 amide bonds. The molecule has 19 heavy (non-hydrogen) atoms. The standard InChI is InChI=1S/C16H25NO2/c1-6-13(4)11-19-16-9-14(10-17-12(2)3)7-8-15(16)18-5/h7-9,12,17H,4,6,10-11H2,1-3,5H3. The number of methoxy groups -OCH3 is 1. The predicted octanol–water partition coefficient (Wildman–Crippen LogP) is 3.54. The molecule has 1 N–H and O–H groups in total. The Morgan fingerprint density at radius 2 is 2.05 bits per heavy atom. The Hall–Kier alpha value is -1.48. The Bertz CT molecular complexity index is 413. The van der Waals surface area contributed by atoms with Gasteiger partial charge in [-0.1, -0.05) is 33.4 Å². The van der Waals surface area contributed by atoms with Crippen molar-refractivity contribution in [3.05, 3.63) is 35.9 Å². The molecular weight excluding hydrogens is 238 g/mol. The lowest BCUT2D eigenvalue weighted by molar-refractivity contribution is 0.317. The summed E-state index contributed by atoms with van der Waals surface area (Å²) in [5.41, 5.74) is 2.26. The lowest BCUT2D eigenvalue weighted by atomic mass is 10.2. The van der Waals surface area contributed by atoms with Crippen LogP contribution in [0.5, 0.6) is 11.5 Å². The van der Waals surface area contributed by atoms with Gasteiger partial charge in [0, 0.05) is 12.6 Å². The average Bonchev–Trinajstić information content (AvgIpc) is 2.42. The van der Waals surface area contributed by atoms with Gasteiger partial charge in [0.15, 0.2) is 11.5 Å². The van der Waals surface area contributed by atoms with Gasteiger partial charge in [-0.2, -0.15) is 0 Å². The van der Waals surface area contributed by atoms with Crippen LogP contribution in [0.4, 0.5) is 0 Å². The first-order chi connectivity index (χ1) is 9.06. The molecule has 3 heteroatoms. The summed E-state index contributed by atoms with van der Waals surface area (Å²) in [6.45, 7) is 11.6. The Labute approximate surface area is 116 Å². The van der Waals surface area contributed by atoms with Crippen LogP contribution in [0.25, 0.3) is 0 Å². The number of benzene rings is 1. The number of hydrogen-bond acceptors (Lipinski definition) is 3. The van der Waals surface area contributed by atoms with E-state index in [-0.39, 0.29) is 0 Å². The van der Waals surface area contributed by atoms with Gasteiger partial charge in [0.1, 0.15) is 6.61 Å². The summed E-state index contributed by atoms with van der Waals surface area (Å²) in [6.07, 6.45) is 0.927. The molecule has 0 aliphatic rings. The molecule has 0 fully saturated rings. The van der Waals surface area contributed by atoms with Crippen LogP contribution in [-0.4, -0.2) is 19.8 Å². The molecule has 1 aromatic carbocycles. The van der Waals surface area contributed by atoms with Gasteiger partial charge in [-0.3, -0.25) is 0 Å². The van der Waals surface area contributed by atoms with Gasteiger partial charge in [-0.25, -0.2) is 0 Å². The van der Waals surface area contributed by atoms with E-state index in [0.29, 0.717) is 12.6 Å². The fraction of sp³-hybridized carbons (Fsp3) is 0.500. The highest BCUT2D eigenvalue weighted by atomic mass is 16.5. The van der Waals surface area contributed by atoms with Crippen LogP contribution in [0, 0.1) is 0 Å². The van der Waals surface area contributed by atoms with Crippen LogP contribution < -0.4 is 14.8 Å². The van der Waals surface area contributed by atoms with Crippen molar-refractivity contribution in [2.45, 2.75) is 39.8 Å². The van der Waals surface area contributed by atoms with E-state index in [2.05, 4.69) is 38.7 Å². The molecule has 0 saturated heterocycles. The topological polar surface area (TPSA) is 30.5 Å². The summed E-state index contributed by atoms with van der Waals surface area (Å²) >= 11 is 0. The van der Waals surface area contributed by atoms with Crippen molar-refractivity contribution in [3.63, 3.8) is 0 Å². The molecule has 1 rings (SSSR count). The molecule has 0 saturated carbocycles. The number of ether oxygens (including phenoxy) is 2. The van der Waals surface area contributed by atoms with Crippen molar-refractivity contribution in [1.82, 2.24) is 5.32 Å². The second-order valence-corrected chi connectivity index (χ2v) is 4.91. The summed E-state index contributed by atoms with van der Waals surface area (Å²) in [7, 11) is 1.66. The summed E-state index contributed by atoms with van der Waals surface area (Å²) in [4.78, 5) is 0. The number of rotatable bonds is 8. The van der Waals surface area contributed by atoms with Crippen LogP contribution in [0.2, 0.25) is 0 Å². The van der Waals surface area contributed by atoms with Crippen molar-refractivity contribution in [2.75, 3.05) is 13.7 Å². The zero-order valence-electron chi connectivity index (χ0n) is 12.5. The van der Waals surface area contributed by atoms with Gasteiger partial charge in [-0.15, -0.1) is 0 Å². The fourth-order valence-corrected chi connectivity index (χ4v) is 1.55. The lowest BCUT2D eigenvalue weighted by Crippen LogP contribution is -2.21. The molecule has 1 aromatic rings. The molecule has 0 unspecified atom stereocenters. The van der Waals surface area contributed by atoms with E-state index in [9.17, 15) is 0 Å². The highest BCUT2D eigenvalue weighted by molar-refractivity contribution is 5.43. The van der Waals surface area contributed by atoms with Gasteiger partial charge in [0.05, 0.1) is 7.11 Å². The van der Waals surface area contributed by atoms with Crippen molar-refractivity contribution in [3.8, 4) is 11.5 Å². The van der Waals surface area contributed by atoms with E-state index in [1.165, 1.54) is 5.56 Å². The lowest BCUT2D eigenvalue weighted by Gasteiger charge is -2.14. The van der Waals surface area contributed by atoms with E-state index in [4.69, 9.17) is 9.47 Å². The first-order valence-electron chi connectivity index (χ1n) is 6.76. The van der Waals surface area contributed by atoms with Gasteiger partial charge in [0.2, 0.25) is 0 Å². The van der Waals surface area contributed by atoms with E-state index in [0.717, 1.165) is 30.0 Å². The van der Waals surface area contributed by atoms with Crippen LogP contribution in [-0.2, 0) is 6.54 Å². The van der Waals surface area contributed by atoms with E-state index >= 15 is 0 Å². The van der Waals surface area contributed by atoms with Crippen LogP contribution >= 0.6 is 0 Å². The van der Waals surface area contributed by atoms with E-state index in [1.54, 1.807) is 7.11 Å². The van der Waals surface area contributed by atoms with Crippen LogP contribution in [0.15, 0.2) is 30.4 Å². The molecule has 0 aliphatic heterocycles. The summed E-state index contributed by atoms with van der Waals surface area (Å²) in [6, 6.07) is 6.49. The first-order valence-corrected chi connectivity index (χ1v) is 6.76. The Morgan fingerprint density at radius 3 is 2.63 bits per heavy atom. The first kappa shape index (κ1) is 15.6. The number of nitrogens with one attached hydrogen (secondary N) is 1. The molecule has 0 atom stereocenters. The second kappa shape index (κ2) is 7.85.